The first kappa shape index (κ1) is 17.7. The fraction of sp³-hybridized carbons (Fsp3) is 0.435. The van der Waals surface area contributed by atoms with Crippen LogP contribution < -0.4 is 0 Å². The van der Waals surface area contributed by atoms with Crippen molar-refractivity contribution in [1.82, 2.24) is 4.90 Å². The first-order chi connectivity index (χ1) is 13.7. The summed E-state index contributed by atoms with van der Waals surface area (Å²) in [5.74, 6) is 6.28. The second kappa shape index (κ2) is 6.59. The predicted octanol–water partition coefficient (Wildman–Crippen LogP) is 2.42. The summed E-state index contributed by atoms with van der Waals surface area (Å²) in [6.45, 7) is 0. The molecule has 2 bridgehead atoms. The van der Waals surface area contributed by atoms with Crippen molar-refractivity contribution >= 4 is 5.97 Å². The first-order valence-corrected chi connectivity index (χ1v) is 9.74. The summed E-state index contributed by atoms with van der Waals surface area (Å²) in [6.07, 6.45) is 6.23. The Kier molecular flexibility index (Phi) is 4.17. The maximum atomic E-state index is 12.3. The average molecular weight is 377 g/mol. The van der Waals surface area contributed by atoms with Crippen LogP contribution in [0.5, 0.6) is 0 Å². The molecule has 0 aromatic heterocycles. The molecule has 5 rings (SSSR count). The predicted molar refractivity (Wildman–Crippen MR) is 103 cm³/mol. The standard InChI is InChI=1S/C23H23NO4/c1-26-22(27-2)19-10-11-20-23-14-17(24(19)20)12-16(18(23)13-21(25)28-23)9-8-15-6-4-3-5-7-15/h3-7,12-13,17,19-20,22H,10-11,14H2,1-2H3/t17-,19-,20-,23+/m1/s1. The van der Waals surface area contributed by atoms with E-state index >= 15 is 0 Å². The highest BCUT2D eigenvalue weighted by molar-refractivity contribution is 5.90. The van der Waals surface area contributed by atoms with Crippen LogP contribution in [-0.4, -0.2) is 55.1 Å². The van der Waals surface area contributed by atoms with E-state index in [1.54, 1.807) is 20.3 Å². The number of hydrogen-bond acceptors (Lipinski definition) is 5. The van der Waals surface area contributed by atoms with Crippen LogP contribution in [0.4, 0.5) is 0 Å². The SMILES string of the molecule is COC(OC)[C@H]1CC[C@H]2N1[C@@H]1C=C(C#Cc3ccccc3)C3=CC(=O)O[C@@]32C1. The molecule has 4 aliphatic rings. The van der Waals surface area contributed by atoms with Crippen LogP contribution in [0.3, 0.4) is 0 Å². The third kappa shape index (κ3) is 2.49. The zero-order valence-corrected chi connectivity index (χ0v) is 16.1. The van der Waals surface area contributed by atoms with Gasteiger partial charge in [-0.1, -0.05) is 36.1 Å². The van der Waals surface area contributed by atoms with Gasteiger partial charge in [0.2, 0.25) is 0 Å². The summed E-state index contributed by atoms with van der Waals surface area (Å²) in [6, 6.07) is 10.3. The number of rotatable bonds is 3. The molecule has 3 aliphatic heterocycles. The van der Waals surface area contributed by atoms with Crippen LogP contribution in [-0.2, 0) is 19.0 Å². The van der Waals surface area contributed by atoms with E-state index < -0.39 is 5.60 Å². The summed E-state index contributed by atoms with van der Waals surface area (Å²) in [5.41, 5.74) is 2.22. The summed E-state index contributed by atoms with van der Waals surface area (Å²) >= 11 is 0. The average Bonchev–Trinajstić information content (AvgIpc) is 3.36. The molecule has 3 heterocycles. The molecule has 28 heavy (non-hydrogen) atoms. The van der Waals surface area contributed by atoms with Gasteiger partial charge >= 0.3 is 5.97 Å². The minimum Gasteiger partial charge on any atom is -0.449 e. The molecule has 0 saturated carbocycles. The molecule has 1 aromatic rings. The van der Waals surface area contributed by atoms with Gasteiger partial charge in [-0.2, -0.15) is 0 Å². The van der Waals surface area contributed by atoms with E-state index in [0.29, 0.717) is 0 Å². The molecule has 0 amide bonds. The van der Waals surface area contributed by atoms with E-state index in [-0.39, 0.29) is 30.4 Å². The molecule has 1 aromatic carbocycles. The largest absolute Gasteiger partial charge is 0.449 e. The van der Waals surface area contributed by atoms with Gasteiger partial charge in [0.05, 0.1) is 12.1 Å². The van der Waals surface area contributed by atoms with Crippen molar-refractivity contribution in [2.75, 3.05) is 14.2 Å². The molecular weight excluding hydrogens is 354 g/mol. The van der Waals surface area contributed by atoms with Crippen molar-refractivity contribution in [2.45, 2.75) is 49.3 Å². The lowest BCUT2D eigenvalue weighted by Gasteiger charge is -2.33. The highest BCUT2D eigenvalue weighted by Crippen LogP contribution is 2.56. The topological polar surface area (TPSA) is 48.0 Å². The number of methoxy groups -OCH3 is 2. The lowest BCUT2D eigenvalue weighted by Crippen LogP contribution is -2.48. The Morgan fingerprint density at radius 2 is 1.96 bits per heavy atom. The minimum atomic E-state index is -0.585. The molecule has 0 N–H and O–H groups in total. The Morgan fingerprint density at radius 3 is 2.71 bits per heavy atom. The van der Waals surface area contributed by atoms with Crippen LogP contribution in [0.15, 0.2) is 53.6 Å². The van der Waals surface area contributed by atoms with Gasteiger partial charge in [-0.15, -0.1) is 0 Å². The number of carbonyl (C=O) groups is 1. The molecule has 1 aliphatic carbocycles. The molecule has 0 radical (unpaired) electrons. The molecule has 2 saturated heterocycles. The molecule has 5 heteroatoms. The molecular formula is C23H23NO4. The number of carbonyl (C=O) groups excluding carboxylic acids is 1. The Balaban J connectivity index is 1.55. The molecule has 2 fully saturated rings. The second-order valence-electron chi connectivity index (χ2n) is 7.78. The zero-order chi connectivity index (χ0) is 19.3. The van der Waals surface area contributed by atoms with Gasteiger partial charge in [-0.05, 0) is 25.0 Å². The lowest BCUT2D eigenvalue weighted by atomic mass is 9.77. The van der Waals surface area contributed by atoms with E-state index in [2.05, 4.69) is 22.8 Å². The van der Waals surface area contributed by atoms with Crippen molar-refractivity contribution < 1.29 is 19.0 Å². The van der Waals surface area contributed by atoms with Gasteiger partial charge in [-0.25, -0.2) is 4.79 Å². The summed E-state index contributed by atoms with van der Waals surface area (Å²) in [7, 11) is 3.35. The highest BCUT2D eigenvalue weighted by Gasteiger charge is 2.65. The number of benzene rings is 1. The number of ether oxygens (including phenoxy) is 3. The van der Waals surface area contributed by atoms with Gasteiger partial charge in [-0.3, -0.25) is 4.90 Å². The van der Waals surface area contributed by atoms with Gasteiger partial charge in [0.15, 0.2) is 11.9 Å². The van der Waals surface area contributed by atoms with Crippen LogP contribution in [0.25, 0.3) is 0 Å². The van der Waals surface area contributed by atoms with Crippen molar-refractivity contribution in [1.29, 1.82) is 0 Å². The fourth-order valence-electron chi connectivity index (χ4n) is 5.45. The summed E-state index contributed by atoms with van der Waals surface area (Å²) < 4.78 is 17.1. The highest BCUT2D eigenvalue weighted by atomic mass is 16.7. The van der Waals surface area contributed by atoms with Crippen molar-refractivity contribution in [3.05, 3.63) is 59.2 Å². The van der Waals surface area contributed by atoms with Crippen LogP contribution in [0.2, 0.25) is 0 Å². The van der Waals surface area contributed by atoms with Gasteiger partial charge < -0.3 is 14.2 Å². The van der Waals surface area contributed by atoms with Crippen molar-refractivity contribution in [3.8, 4) is 11.8 Å². The number of esters is 1. The van der Waals surface area contributed by atoms with Crippen molar-refractivity contribution in [2.24, 2.45) is 0 Å². The second-order valence-corrected chi connectivity index (χ2v) is 7.78. The third-order valence-corrected chi connectivity index (χ3v) is 6.46. The number of fused-ring (bicyclic) bond motifs is 3. The Bertz CT molecular complexity index is 921. The summed E-state index contributed by atoms with van der Waals surface area (Å²) in [5, 5.41) is 0. The number of nitrogens with zero attached hydrogens (tertiary/aromatic N) is 1. The minimum absolute atomic E-state index is 0.139. The third-order valence-electron chi connectivity index (χ3n) is 6.46. The fourth-order valence-corrected chi connectivity index (χ4v) is 5.45. The van der Waals surface area contributed by atoms with E-state index in [9.17, 15) is 4.79 Å². The van der Waals surface area contributed by atoms with Crippen LogP contribution in [0.1, 0.15) is 24.8 Å². The Hall–Kier alpha value is -2.39. The van der Waals surface area contributed by atoms with Gasteiger partial charge in [0, 0.05) is 49.5 Å². The maximum Gasteiger partial charge on any atom is 0.332 e. The Morgan fingerprint density at radius 1 is 1.18 bits per heavy atom. The number of hydrogen-bond donors (Lipinski definition) is 0. The van der Waals surface area contributed by atoms with E-state index in [4.69, 9.17) is 14.2 Å². The monoisotopic (exact) mass is 377 g/mol. The maximum absolute atomic E-state index is 12.3. The van der Waals surface area contributed by atoms with E-state index in [1.165, 1.54) is 0 Å². The Labute approximate surface area is 164 Å². The molecule has 1 spiro atoms. The zero-order valence-electron chi connectivity index (χ0n) is 16.1. The molecule has 0 unspecified atom stereocenters. The first-order valence-electron chi connectivity index (χ1n) is 9.74. The molecule has 4 atom stereocenters. The van der Waals surface area contributed by atoms with Crippen LogP contribution in [0, 0.1) is 11.8 Å². The summed E-state index contributed by atoms with van der Waals surface area (Å²) in [4.78, 5) is 14.7. The van der Waals surface area contributed by atoms with Gasteiger partial charge in [0.25, 0.3) is 0 Å². The molecule has 5 nitrogen and oxygen atoms in total. The van der Waals surface area contributed by atoms with Gasteiger partial charge in [0.1, 0.15) is 0 Å². The quantitative estimate of drug-likeness (QED) is 0.460. The molecule has 144 valence electrons. The lowest BCUT2D eigenvalue weighted by molar-refractivity contribution is -0.151. The smallest absolute Gasteiger partial charge is 0.332 e. The van der Waals surface area contributed by atoms with Crippen molar-refractivity contribution in [3.63, 3.8) is 0 Å². The van der Waals surface area contributed by atoms with E-state index in [0.717, 1.165) is 36.0 Å². The van der Waals surface area contributed by atoms with E-state index in [1.807, 2.05) is 30.3 Å². The normalized spacial score (nSPS) is 33.0. The van der Waals surface area contributed by atoms with Crippen LogP contribution >= 0.6 is 0 Å².